The summed E-state index contributed by atoms with van der Waals surface area (Å²) in [6.07, 6.45) is 10.9. The Bertz CT molecular complexity index is 552. The topological polar surface area (TPSA) is 56.7 Å². The molecule has 2 aromatic heterocycles. The van der Waals surface area contributed by atoms with Gasteiger partial charge in [0.05, 0.1) is 18.2 Å². The normalized spacial score (nSPS) is 16.5. The second-order valence-electron chi connectivity index (χ2n) is 5.63. The maximum absolute atomic E-state index is 5.64. The van der Waals surface area contributed by atoms with Gasteiger partial charge in [-0.2, -0.15) is 0 Å². The molecule has 1 aliphatic rings. The predicted molar refractivity (Wildman–Crippen MR) is 76.4 cm³/mol. The van der Waals surface area contributed by atoms with E-state index in [1.54, 1.807) is 0 Å². The van der Waals surface area contributed by atoms with Crippen molar-refractivity contribution in [3.8, 4) is 11.3 Å². The largest absolute Gasteiger partial charge is 0.384 e. The number of nitrogen functional groups attached to an aromatic ring is 1. The Balaban J connectivity index is 1.84. The Morgan fingerprint density at radius 2 is 2.16 bits per heavy atom. The monoisotopic (exact) mass is 256 g/mol. The van der Waals surface area contributed by atoms with Crippen molar-refractivity contribution in [1.29, 1.82) is 0 Å². The SMILES string of the molecule is CCCC1(Cn2cncc2-c2ccc(N)nc2)CC1. The predicted octanol–water partition coefficient (Wildman–Crippen LogP) is 3.11. The van der Waals surface area contributed by atoms with Crippen molar-refractivity contribution in [3.63, 3.8) is 0 Å². The highest BCUT2D eigenvalue weighted by atomic mass is 15.1. The highest BCUT2D eigenvalue weighted by molar-refractivity contribution is 5.59. The van der Waals surface area contributed by atoms with Gasteiger partial charge in [-0.1, -0.05) is 13.3 Å². The molecule has 0 aliphatic heterocycles. The third-order valence-electron chi connectivity index (χ3n) is 4.04. The summed E-state index contributed by atoms with van der Waals surface area (Å²) in [4.78, 5) is 8.46. The van der Waals surface area contributed by atoms with Gasteiger partial charge >= 0.3 is 0 Å². The maximum Gasteiger partial charge on any atom is 0.123 e. The Labute approximate surface area is 113 Å². The molecule has 0 saturated heterocycles. The number of hydrogen-bond donors (Lipinski definition) is 1. The fraction of sp³-hybridized carbons (Fsp3) is 0.467. The minimum Gasteiger partial charge on any atom is -0.384 e. The minimum absolute atomic E-state index is 0.519. The molecule has 100 valence electrons. The summed E-state index contributed by atoms with van der Waals surface area (Å²) < 4.78 is 2.26. The molecular weight excluding hydrogens is 236 g/mol. The molecule has 0 radical (unpaired) electrons. The van der Waals surface area contributed by atoms with Crippen molar-refractivity contribution in [2.75, 3.05) is 5.73 Å². The van der Waals surface area contributed by atoms with Gasteiger partial charge in [0.15, 0.2) is 0 Å². The van der Waals surface area contributed by atoms with Crippen LogP contribution in [0.3, 0.4) is 0 Å². The van der Waals surface area contributed by atoms with Crippen molar-refractivity contribution in [2.24, 2.45) is 5.41 Å². The van der Waals surface area contributed by atoms with E-state index in [2.05, 4.69) is 21.5 Å². The molecule has 1 fully saturated rings. The van der Waals surface area contributed by atoms with Crippen LogP contribution in [0.2, 0.25) is 0 Å². The second-order valence-corrected chi connectivity index (χ2v) is 5.63. The molecule has 3 rings (SSSR count). The van der Waals surface area contributed by atoms with E-state index in [1.807, 2.05) is 30.9 Å². The molecule has 0 spiro atoms. The van der Waals surface area contributed by atoms with Gasteiger partial charge in [0.2, 0.25) is 0 Å². The van der Waals surface area contributed by atoms with Crippen LogP contribution in [-0.4, -0.2) is 14.5 Å². The first-order chi connectivity index (χ1) is 9.22. The molecule has 0 bridgehead atoms. The highest BCUT2D eigenvalue weighted by Gasteiger charge is 2.41. The lowest BCUT2D eigenvalue weighted by atomic mass is 10.0. The number of hydrogen-bond acceptors (Lipinski definition) is 3. The molecule has 1 saturated carbocycles. The first-order valence-electron chi connectivity index (χ1n) is 6.94. The number of rotatable bonds is 5. The summed E-state index contributed by atoms with van der Waals surface area (Å²) in [5.74, 6) is 0.555. The van der Waals surface area contributed by atoms with Crippen LogP contribution in [0.5, 0.6) is 0 Å². The van der Waals surface area contributed by atoms with Gasteiger partial charge in [0, 0.05) is 18.3 Å². The Hall–Kier alpha value is -1.84. The summed E-state index contributed by atoms with van der Waals surface area (Å²) in [7, 11) is 0. The van der Waals surface area contributed by atoms with Gasteiger partial charge < -0.3 is 10.3 Å². The van der Waals surface area contributed by atoms with Crippen LogP contribution in [0.4, 0.5) is 5.82 Å². The van der Waals surface area contributed by atoms with Crippen LogP contribution in [0.15, 0.2) is 30.9 Å². The molecule has 4 nitrogen and oxygen atoms in total. The van der Waals surface area contributed by atoms with Crippen LogP contribution in [0.25, 0.3) is 11.3 Å². The van der Waals surface area contributed by atoms with Gasteiger partial charge in [0.25, 0.3) is 0 Å². The molecule has 4 heteroatoms. The van der Waals surface area contributed by atoms with Gasteiger partial charge in [-0.15, -0.1) is 0 Å². The van der Waals surface area contributed by atoms with E-state index in [-0.39, 0.29) is 0 Å². The third kappa shape index (κ3) is 2.48. The molecule has 2 N–H and O–H groups in total. The van der Waals surface area contributed by atoms with Gasteiger partial charge in [-0.3, -0.25) is 0 Å². The average Bonchev–Trinajstić information content (AvgIpc) is 2.99. The molecule has 2 aromatic rings. The van der Waals surface area contributed by atoms with Crippen LogP contribution in [-0.2, 0) is 6.54 Å². The molecule has 0 unspecified atom stereocenters. The molecule has 0 amide bonds. The number of nitrogens with zero attached hydrogens (tertiary/aromatic N) is 3. The highest BCUT2D eigenvalue weighted by Crippen LogP contribution is 2.51. The number of pyridine rings is 1. The lowest BCUT2D eigenvalue weighted by Crippen LogP contribution is -2.11. The van der Waals surface area contributed by atoms with Gasteiger partial charge in [-0.25, -0.2) is 9.97 Å². The van der Waals surface area contributed by atoms with Gasteiger partial charge in [-0.05, 0) is 36.8 Å². The van der Waals surface area contributed by atoms with E-state index < -0.39 is 0 Å². The molecule has 2 heterocycles. The lowest BCUT2D eigenvalue weighted by Gasteiger charge is -2.16. The van der Waals surface area contributed by atoms with Gasteiger partial charge in [0.1, 0.15) is 5.82 Å². The Morgan fingerprint density at radius 1 is 1.32 bits per heavy atom. The van der Waals surface area contributed by atoms with Crippen molar-refractivity contribution >= 4 is 5.82 Å². The maximum atomic E-state index is 5.64. The first-order valence-corrected chi connectivity index (χ1v) is 6.94. The zero-order chi connectivity index (χ0) is 13.3. The average molecular weight is 256 g/mol. The first kappa shape index (κ1) is 12.2. The number of imidazole rings is 1. The summed E-state index contributed by atoms with van der Waals surface area (Å²) in [6.45, 7) is 3.33. The fourth-order valence-electron chi connectivity index (χ4n) is 2.80. The van der Waals surface area contributed by atoms with Crippen molar-refractivity contribution in [2.45, 2.75) is 39.2 Å². The van der Waals surface area contributed by atoms with Crippen LogP contribution < -0.4 is 5.73 Å². The van der Waals surface area contributed by atoms with E-state index in [0.29, 0.717) is 11.2 Å². The summed E-state index contributed by atoms with van der Waals surface area (Å²) >= 11 is 0. The quantitative estimate of drug-likeness (QED) is 0.894. The second kappa shape index (κ2) is 4.68. The number of aromatic nitrogens is 3. The molecule has 1 aliphatic carbocycles. The van der Waals surface area contributed by atoms with Crippen LogP contribution >= 0.6 is 0 Å². The van der Waals surface area contributed by atoms with Crippen molar-refractivity contribution < 1.29 is 0 Å². The molecule has 0 atom stereocenters. The number of anilines is 1. The van der Waals surface area contributed by atoms with Crippen LogP contribution in [0, 0.1) is 5.41 Å². The van der Waals surface area contributed by atoms with Crippen molar-refractivity contribution in [3.05, 3.63) is 30.9 Å². The molecule has 19 heavy (non-hydrogen) atoms. The summed E-state index contributed by atoms with van der Waals surface area (Å²) in [6, 6.07) is 3.85. The lowest BCUT2D eigenvalue weighted by molar-refractivity contribution is 0.390. The summed E-state index contributed by atoms with van der Waals surface area (Å²) in [5, 5.41) is 0. The fourth-order valence-corrected chi connectivity index (χ4v) is 2.80. The smallest absolute Gasteiger partial charge is 0.123 e. The number of nitrogens with two attached hydrogens (primary N) is 1. The Kier molecular flexibility index (Phi) is 3.01. The summed E-state index contributed by atoms with van der Waals surface area (Å²) in [5.41, 5.74) is 8.37. The zero-order valence-electron chi connectivity index (χ0n) is 11.3. The minimum atomic E-state index is 0.519. The van der Waals surface area contributed by atoms with Crippen molar-refractivity contribution in [1.82, 2.24) is 14.5 Å². The zero-order valence-corrected chi connectivity index (χ0v) is 11.3. The standard InChI is InChI=1S/C15H20N4/c1-2-5-15(6-7-15)10-19-11-17-9-13(19)12-3-4-14(16)18-8-12/h3-4,8-9,11H,2,5-7,10H2,1H3,(H2,16,18). The molecule has 0 aromatic carbocycles. The van der Waals surface area contributed by atoms with E-state index in [1.165, 1.54) is 25.7 Å². The van der Waals surface area contributed by atoms with E-state index in [9.17, 15) is 0 Å². The molecular formula is C15H20N4. The third-order valence-corrected chi connectivity index (χ3v) is 4.04. The van der Waals surface area contributed by atoms with E-state index >= 15 is 0 Å². The van der Waals surface area contributed by atoms with E-state index in [0.717, 1.165) is 17.8 Å². The van der Waals surface area contributed by atoms with E-state index in [4.69, 9.17) is 5.73 Å². The Morgan fingerprint density at radius 3 is 2.79 bits per heavy atom. The van der Waals surface area contributed by atoms with Crippen LogP contribution in [0.1, 0.15) is 32.6 Å².